The lowest BCUT2D eigenvalue weighted by atomic mass is 9.95. The van der Waals surface area contributed by atoms with Crippen LogP contribution in [-0.2, 0) is 4.79 Å². The number of halogens is 1. The Morgan fingerprint density at radius 1 is 1.47 bits per heavy atom. The number of hydrogen-bond donors (Lipinski definition) is 2. The molecule has 0 unspecified atom stereocenters. The predicted molar refractivity (Wildman–Crippen MR) is 64.8 cm³/mol. The number of nitrogens with one attached hydrogen (secondary N) is 2. The molecule has 0 aliphatic rings. The van der Waals surface area contributed by atoms with Crippen LogP contribution in [0.3, 0.4) is 0 Å². The number of nitrogens with zero attached hydrogens (tertiary/aromatic N) is 3. The Morgan fingerprint density at radius 2 is 2.24 bits per heavy atom. The molecular formula is C10H12ClN5O. The first-order valence-corrected chi connectivity index (χ1v) is 5.59. The molecule has 0 fully saturated rings. The fraction of sp³-hybridized carbons (Fsp3) is 0.400. The summed E-state index contributed by atoms with van der Waals surface area (Å²) >= 11 is 5.74. The second kappa shape index (κ2) is 4.29. The van der Waals surface area contributed by atoms with Crippen molar-refractivity contribution in [1.82, 2.24) is 19.9 Å². The van der Waals surface area contributed by atoms with Crippen molar-refractivity contribution in [2.24, 2.45) is 5.41 Å². The number of H-pyrrole nitrogens is 1. The number of fused-ring (bicyclic) bond motifs is 1. The maximum Gasteiger partial charge on any atom is 0.232 e. The van der Waals surface area contributed by atoms with Crippen LogP contribution in [0.25, 0.3) is 11.2 Å². The smallest absolute Gasteiger partial charge is 0.232 e. The molecule has 0 aliphatic heterocycles. The topological polar surface area (TPSA) is 83.6 Å². The van der Waals surface area contributed by atoms with Crippen molar-refractivity contribution < 1.29 is 4.79 Å². The molecule has 2 heterocycles. The van der Waals surface area contributed by atoms with Crippen molar-refractivity contribution in [3.05, 3.63) is 12.7 Å². The lowest BCUT2D eigenvalue weighted by Crippen LogP contribution is -2.32. The van der Waals surface area contributed by atoms with E-state index in [0.29, 0.717) is 17.0 Å². The van der Waals surface area contributed by atoms with E-state index >= 15 is 0 Å². The second-order valence-electron chi connectivity index (χ2n) is 4.30. The van der Waals surface area contributed by atoms with Crippen LogP contribution in [0, 0.1) is 5.41 Å². The molecule has 0 saturated carbocycles. The van der Waals surface area contributed by atoms with Crippen LogP contribution < -0.4 is 5.32 Å². The number of hydrogen-bond acceptors (Lipinski definition) is 4. The van der Waals surface area contributed by atoms with Gasteiger partial charge in [0.05, 0.1) is 11.7 Å². The SMILES string of the molecule is CC(C)(CCl)C(=O)Nc1ncnc2nc[nH]c12. The van der Waals surface area contributed by atoms with Crippen molar-refractivity contribution in [2.75, 3.05) is 11.2 Å². The van der Waals surface area contributed by atoms with Crippen molar-refractivity contribution in [3.63, 3.8) is 0 Å². The number of alkyl halides is 1. The summed E-state index contributed by atoms with van der Waals surface area (Å²) in [4.78, 5) is 26.8. The van der Waals surface area contributed by atoms with E-state index in [0.717, 1.165) is 0 Å². The zero-order valence-electron chi connectivity index (χ0n) is 9.49. The van der Waals surface area contributed by atoms with Gasteiger partial charge in [0.15, 0.2) is 11.5 Å². The lowest BCUT2D eigenvalue weighted by molar-refractivity contribution is -0.122. The summed E-state index contributed by atoms with van der Waals surface area (Å²) in [5.41, 5.74) is 0.462. The van der Waals surface area contributed by atoms with E-state index in [1.807, 2.05) is 0 Å². The molecule has 0 saturated heterocycles. The Bertz CT molecular complexity index is 550. The van der Waals surface area contributed by atoms with Crippen molar-refractivity contribution in [2.45, 2.75) is 13.8 Å². The molecule has 7 heteroatoms. The van der Waals surface area contributed by atoms with E-state index < -0.39 is 5.41 Å². The van der Waals surface area contributed by atoms with Crippen LogP contribution in [0.15, 0.2) is 12.7 Å². The van der Waals surface area contributed by atoms with Crippen molar-refractivity contribution in [3.8, 4) is 0 Å². The Morgan fingerprint density at radius 3 is 2.94 bits per heavy atom. The first-order chi connectivity index (χ1) is 8.04. The fourth-order valence-electron chi connectivity index (χ4n) is 1.20. The number of carbonyl (C=O) groups is 1. The summed E-state index contributed by atoms with van der Waals surface area (Å²) in [6.45, 7) is 3.53. The molecule has 1 amide bonds. The number of aromatic amines is 1. The molecule has 2 aromatic heterocycles. The standard InChI is InChI=1S/C10H12ClN5O/c1-10(2,3-11)9(17)16-8-6-7(13-4-12-6)14-5-15-8/h4-5H,3H2,1-2H3,(H2,12,13,14,15,16,17). The van der Waals surface area contributed by atoms with Crippen LogP contribution in [0.5, 0.6) is 0 Å². The van der Waals surface area contributed by atoms with E-state index in [1.54, 1.807) is 13.8 Å². The molecule has 0 bridgehead atoms. The summed E-state index contributed by atoms with van der Waals surface area (Å²) in [5.74, 6) is 0.452. The van der Waals surface area contributed by atoms with E-state index in [9.17, 15) is 4.79 Å². The molecule has 17 heavy (non-hydrogen) atoms. The van der Waals surface area contributed by atoms with Gasteiger partial charge in [0.2, 0.25) is 5.91 Å². The Kier molecular flexibility index (Phi) is 2.97. The first kappa shape index (κ1) is 11.8. The number of anilines is 1. The summed E-state index contributed by atoms with van der Waals surface area (Å²) in [6, 6.07) is 0. The van der Waals surface area contributed by atoms with Gasteiger partial charge < -0.3 is 10.3 Å². The van der Waals surface area contributed by atoms with Crippen molar-refractivity contribution >= 4 is 34.5 Å². The molecule has 0 aliphatic carbocycles. The summed E-state index contributed by atoms with van der Waals surface area (Å²) < 4.78 is 0. The average Bonchev–Trinajstić information content (AvgIpc) is 2.78. The van der Waals surface area contributed by atoms with Gasteiger partial charge in [0.25, 0.3) is 0 Å². The highest BCUT2D eigenvalue weighted by Gasteiger charge is 2.27. The molecule has 2 aromatic rings. The number of aromatic nitrogens is 4. The first-order valence-electron chi connectivity index (χ1n) is 5.06. The van der Waals surface area contributed by atoms with Crippen LogP contribution in [0.1, 0.15) is 13.8 Å². The third-order valence-corrected chi connectivity index (χ3v) is 3.07. The van der Waals surface area contributed by atoms with Crippen LogP contribution in [-0.4, -0.2) is 31.7 Å². The Hall–Kier alpha value is -1.69. The van der Waals surface area contributed by atoms with Gasteiger partial charge in [-0.25, -0.2) is 15.0 Å². The zero-order valence-corrected chi connectivity index (χ0v) is 10.2. The maximum atomic E-state index is 11.9. The molecule has 2 N–H and O–H groups in total. The highest BCUT2D eigenvalue weighted by atomic mass is 35.5. The normalized spacial score (nSPS) is 11.7. The largest absolute Gasteiger partial charge is 0.340 e. The minimum atomic E-state index is -0.654. The van der Waals surface area contributed by atoms with E-state index in [-0.39, 0.29) is 11.8 Å². The molecule has 0 radical (unpaired) electrons. The predicted octanol–water partition coefficient (Wildman–Crippen LogP) is 1.56. The summed E-state index contributed by atoms with van der Waals surface area (Å²) in [6.07, 6.45) is 2.86. The molecule has 2 rings (SSSR count). The third kappa shape index (κ3) is 2.21. The summed E-state index contributed by atoms with van der Waals surface area (Å²) in [7, 11) is 0. The van der Waals surface area contributed by atoms with Crippen molar-refractivity contribution in [1.29, 1.82) is 0 Å². The third-order valence-electron chi connectivity index (χ3n) is 2.40. The quantitative estimate of drug-likeness (QED) is 0.813. The monoisotopic (exact) mass is 253 g/mol. The van der Waals surface area contributed by atoms with Gasteiger partial charge in [0, 0.05) is 5.88 Å². The molecular weight excluding hydrogens is 242 g/mol. The molecule has 0 aromatic carbocycles. The number of rotatable bonds is 3. The lowest BCUT2D eigenvalue weighted by Gasteiger charge is -2.19. The zero-order chi connectivity index (χ0) is 12.5. The van der Waals surface area contributed by atoms with Gasteiger partial charge in [0.1, 0.15) is 11.8 Å². The summed E-state index contributed by atoms with van der Waals surface area (Å²) in [5, 5.41) is 2.72. The fourth-order valence-corrected chi connectivity index (χ4v) is 1.32. The minimum Gasteiger partial charge on any atom is -0.340 e. The van der Waals surface area contributed by atoms with Crippen LogP contribution in [0.2, 0.25) is 0 Å². The number of carbonyl (C=O) groups excluding carboxylic acids is 1. The maximum absolute atomic E-state index is 11.9. The number of imidazole rings is 1. The highest BCUT2D eigenvalue weighted by Crippen LogP contribution is 2.21. The van der Waals surface area contributed by atoms with Gasteiger partial charge >= 0.3 is 0 Å². The van der Waals surface area contributed by atoms with E-state index in [2.05, 4.69) is 25.3 Å². The van der Waals surface area contributed by atoms with E-state index in [1.165, 1.54) is 12.7 Å². The van der Waals surface area contributed by atoms with E-state index in [4.69, 9.17) is 11.6 Å². The molecule has 90 valence electrons. The highest BCUT2D eigenvalue weighted by molar-refractivity contribution is 6.20. The minimum absolute atomic E-state index is 0.192. The average molecular weight is 254 g/mol. The molecule has 0 atom stereocenters. The van der Waals surface area contributed by atoms with Crippen LogP contribution in [0.4, 0.5) is 5.82 Å². The van der Waals surface area contributed by atoms with Gasteiger partial charge in [-0.15, -0.1) is 11.6 Å². The second-order valence-corrected chi connectivity index (χ2v) is 4.56. The Balaban J connectivity index is 2.30. The molecule has 0 spiro atoms. The van der Waals surface area contributed by atoms with Gasteiger partial charge in [-0.3, -0.25) is 4.79 Å². The van der Waals surface area contributed by atoms with Crippen LogP contribution >= 0.6 is 11.6 Å². The number of amides is 1. The Labute approximate surface area is 103 Å². The van der Waals surface area contributed by atoms with Gasteiger partial charge in [-0.05, 0) is 13.8 Å². The van der Waals surface area contributed by atoms with Gasteiger partial charge in [-0.1, -0.05) is 0 Å². The van der Waals surface area contributed by atoms with Gasteiger partial charge in [-0.2, -0.15) is 0 Å². The molecule has 6 nitrogen and oxygen atoms in total.